The second kappa shape index (κ2) is 5.33. The van der Waals surface area contributed by atoms with E-state index in [-0.39, 0.29) is 5.78 Å². The van der Waals surface area contributed by atoms with Gasteiger partial charge in [0.2, 0.25) is 0 Å². The highest BCUT2D eigenvalue weighted by Crippen LogP contribution is 2.25. The molecule has 0 spiro atoms. The lowest BCUT2D eigenvalue weighted by atomic mass is 10.1. The van der Waals surface area contributed by atoms with Crippen molar-refractivity contribution in [2.45, 2.75) is 19.8 Å². The number of hydrogen-bond acceptors (Lipinski definition) is 3. The van der Waals surface area contributed by atoms with E-state index < -0.39 is 0 Å². The Balaban J connectivity index is 1.99. The van der Waals surface area contributed by atoms with Crippen molar-refractivity contribution in [1.29, 1.82) is 0 Å². The van der Waals surface area contributed by atoms with E-state index in [2.05, 4.69) is 28.6 Å². The standard InChI is InChI=1S/C16H17N3O/c1-2-6-15(20)13-11-16-17-10-9-14(19(16)18-13)12-7-4-3-5-8-12/h3-5,7-9,11,17H,2,6,10H2,1H3. The number of hydrogen-bond donors (Lipinski definition) is 1. The fourth-order valence-electron chi connectivity index (χ4n) is 2.37. The van der Waals surface area contributed by atoms with Crippen LogP contribution in [0, 0.1) is 0 Å². The fourth-order valence-corrected chi connectivity index (χ4v) is 2.37. The number of rotatable bonds is 4. The molecule has 0 radical (unpaired) electrons. The molecule has 1 aromatic carbocycles. The number of fused-ring (bicyclic) bond motifs is 1. The molecule has 1 N–H and O–H groups in total. The van der Waals surface area contributed by atoms with Crippen LogP contribution in [0.15, 0.2) is 42.5 Å². The third-order valence-electron chi connectivity index (χ3n) is 3.35. The molecule has 0 unspecified atom stereocenters. The quantitative estimate of drug-likeness (QED) is 0.865. The van der Waals surface area contributed by atoms with Crippen LogP contribution in [0.5, 0.6) is 0 Å². The molecule has 0 saturated heterocycles. The van der Waals surface area contributed by atoms with Crippen LogP contribution in [-0.4, -0.2) is 22.1 Å². The van der Waals surface area contributed by atoms with Gasteiger partial charge in [-0.3, -0.25) is 4.79 Å². The lowest BCUT2D eigenvalue weighted by molar-refractivity contribution is 0.0976. The van der Waals surface area contributed by atoms with E-state index in [4.69, 9.17) is 0 Å². The van der Waals surface area contributed by atoms with E-state index in [1.165, 1.54) is 0 Å². The number of Topliss-reactive ketones (excluding diaryl/α,β-unsaturated/α-hetero) is 1. The molecule has 2 aromatic rings. The molecule has 3 rings (SSSR count). The van der Waals surface area contributed by atoms with E-state index in [0.717, 1.165) is 30.0 Å². The van der Waals surface area contributed by atoms with Crippen LogP contribution < -0.4 is 5.32 Å². The number of aromatic nitrogens is 2. The zero-order valence-corrected chi connectivity index (χ0v) is 11.5. The van der Waals surface area contributed by atoms with Gasteiger partial charge in [0.25, 0.3) is 0 Å². The molecule has 102 valence electrons. The zero-order chi connectivity index (χ0) is 13.9. The van der Waals surface area contributed by atoms with Gasteiger partial charge < -0.3 is 5.32 Å². The van der Waals surface area contributed by atoms with E-state index in [1.807, 2.05) is 35.9 Å². The molecule has 2 heterocycles. The van der Waals surface area contributed by atoms with Gasteiger partial charge in [-0.2, -0.15) is 5.10 Å². The van der Waals surface area contributed by atoms with Gasteiger partial charge in [-0.05, 0) is 18.1 Å². The minimum absolute atomic E-state index is 0.101. The van der Waals surface area contributed by atoms with Crippen molar-refractivity contribution in [2.24, 2.45) is 0 Å². The van der Waals surface area contributed by atoms with Crippen LogP contribution in [0.4, 0.5) is 5.82 Å². The lowest BCUT2D eigenvalue weighted by Crippen LogP contribution is -2.15. The summed E-state index contributed by atoms with van der Waals surface area (Å²) in [5.74, 6) is 0.981. The summed E-state index contributed by atoms with van der Waals surface area (Å²) < 4.78 is 1.82. The number of nitrogens with zero attached hydrogens (tertiary/aromatic N) is 2. The largest absolute Gasteiger partial charge is 0.366 e. The molecule has 4 nitrogen and oxygen atoms in total. The van der Waals surface area contributed by atoms with Gasteiger partial charge in [-0.15, -0.1) is 0 Å². The van der Waals surface area contributed by atoms with Gasteiger partial charge >= 0.3 is 0 Å². The van der Waals surface area contributed by atoms with E-state index in [1.54, 1.807) is 0 Å². The molecule has 0 aliphatic carbocycles. The maximum absolute atomic E-state index is 12.0. The van der Waals surface area contributed by atoms with Crippen molar-refractivity contribution in [3.8, 4) is 0 Å². The van der Waals surface area contributed by atoms with Crippen molar-refractivity contribution in [3.05, 3.63) is 53.7 Å². The predicted octanol–water partition coefficient (Wildman–Crippen LogP) is 3.18. The molecule has 1 aromatic heterocycles. The Morgan fingerprint density at radius 3 is 2.90 bits per heavy atom. The highest BCUT2D eigenvalue weighted by molar-refractivity contribution is 5.95. The highest BCUT2D eigenvalue weighted by atomic mass is 16.1. The molecule has 0 saturated carbocycles. The zero-order valence-electron chi connectivity index (χ0n) is 11.5. The fraction of sp³-hybridized carbons (Fsp3) is 0.250. The summed E-state index contributed by atoms with van der Waals surface area (Å²) in [5, 5.41) is 7.72. The van der Waals surface area contributed by atoms with Crippen molar-refractivity contribution in [2.75, 3.05) is 11.9 Å². The number of nitrogens with one attached hydrogen (secondary N) is 1. The summed E-state index contributed by atoms with van der Waals surface area (Å²) in [5.41, 5.74) is 2.67. The van der Waals surface area contributed by atoms with Gasteiger partial charge in [0.05, 0.1) is 5.70 Å². The molecule has 0 bridgehead atoms. The number of benzene rings is 1. The van der Waals surface area contributed by atoms with Crippen molar-refractivity contribution < 1.29 is 4.79 Å². The second-order valence-corrected chi connectivity index (χ2v) is 4.84. The minimum atomic E-state index is 0.101. The number of ketones is 1. The third kappa shape index (κ3) is 2.25. The topological polar surface area (TPSA) is 46.9 Å². The van der Waals surface area contributed by atoms with E-state index in [9.17, 15) is 4.79 Å². The summed E-state index contributed by atoms with van der Waals surface area (Å²) in [4.78, 5) is 12.0. The number of carbonyl (C=O) groups excluding carboxylic acids is 1. The second-order valence-electron chi connectivity index (χ2n) is 4.84. The predicted molar refractivity (Wildman–Crippen MR) is 79.8 cm³/mol. The van der Waals surface area contributed by atoms with Crippen LogP contribution >= 0.6 is 0 Å². The SMILES string of the molecule is CCCC(=O)c1cc2n(n1)C(c1ccccc1)=CCN2. The Bertz CT molecular complexity index is 656. The maximum atomic E-state index is 12.0. The summed E-state index contributed by atoms with van der Waals surface area (Å²) in [7, 11) is 0. The summed E-state index contributed by atoms with van der Waals surface area (Å²) >= 11 is 0. The van der Waals surface area contributed by atoms with Crippen LogP contribution in [0.2, 0.25) is 0 Å². The molecular weight excluding hydrogens is 250 g/mol. The summed E-state index contributed by atoms with van der Waals surface area (Å²) in [6.07, 6.45) is 3.47. The number of anilines is 1. The normalized spacial score (nSPS) is 13.3. The van der Waals surface area contributed by atoms with Gasteiger partial charge in [-0.1, -0.05) is 37.3 Å². The molecule has 0 amide bonds. The Morgan fingerprint density at radius 1 is 1.35 bits per heavy atom. The Kier molecular flexibility index (Phi) is 3.37. The first-order valence-corrected chi connectivity index (χ1v) is 6.92. The third-order valence-corrected chi connectivity index (χ3v) is 3.35. The lowest BCUT2D eigenvalue weighted by Gasteiger charge is -2.17. The minimum Gasteiger partial charge on any atom is -0.366 e. The van der Waals surface area contributed by atoms with Crippen LogP contribution in [0.3, 0.4) is 0 Å². The van der Waals surface area contributed by atoms with Gasteiger partial charge in [0.15, 0.2) is 5.78 Å². The Hall–Kier alpha value is -2.36. The highest BCUT2D eigenvalue weighted by Gasteiger charge is 2.19. The Labute approximate surface area is 118 Å². The van der Waals surface area contributed by atoms with E-state index in [0.29, 0.717) is 12.1 Å². The smallest absolute Gasteiger partial charge is 0.183 e. The first kappa shape index (κ1) is 12.7. The van der Waals surface area contributed by atoms with Crippen LogP contribution in [-0.2, 0) is 0 Å². The molecule has 1 aliphatic heterocycles. The van der Waals surface area contributed by atoms with E-state index >= 15 is 0 Å². The molecule has 0 fully saturated rings. The molecule has 0 atom stereocenters. The van der Waals surface area contributed by atoms with Gasteiger partial charge in [-0.25, -0.2) is 4.68 Å². The van der Waals surface area contributed by atoms with Crippen molar-refractivity contribution in [1.82, 2.24) is 9.78 Å². The van der Waals surface area contributed by atoms with Crippen molar-refractivity contribution in [3.63, 3.8) is 0 Å². The molecular formula is C16H17N3O. The van der Waals surface area contributed by atoms with Gasteiger partial charge in [0.1, 0.15) is 11.5 Å². The van der Waals surface area contributed by atoms with Gasteiger partial charge in [0, 0.05) is 19.0 Å². The Morgan fingerprint density at radius 2 is 2.15 bits per heavy atom. The molecule has 20 heavy (non-hydrogen) atoms. The average Bonchev–Trinajstić information content (AvgIpc) is 2.92. The van der Waals surface area contributed by atoms with Crippen LogP contribution in [0.1, 0.15) is 35.8 Å². The average molecular weight is 267 g/mol. The molecule has 4 heteroatoms. The monoisotopic (exact) mass is 267 g/mol. The number of carbonyl (C=O) groups is 1. The van der Waals surface area contributed by atoms with Crippen molar-refractivity contribution >= 4 is 17.3 Å². The first-order chi connectivity index (χ1) is 9.79. The summed E-state index contributed by atoms with van der Waals surface area (Å²) in [6, 6.07) is 11.9. The molecule has 1 aliphatic rings. The first-order valence-electron chi connectivity index (χ1n) is 6.92. The maximum Gasteiger partial charge on any atom is 0.183 e. The van der Waals surface area contributed by atoms with Crippen LogP contribution in [0.25, 0.3) is 5.70 Å². The summed E-state index contributed by atoms with van der Waals surface area (Å²) in [6.45, 7) is 2.75.